The summed E-state index contributed by atoms with van der Waals surface area (Å²) in [7, 11) is 0. The number of benzene rings is 2. The highest BCUT2D eigenvalue weighted by molar-refractivity contribution is 7.09. The van der Waals surface area contributed by atoms with Gasteiger partial charge in [-0.05, 0) is 74.5 Å². The van der Waals surface area contributed by atoms with Gasteiger partial charge in [-0.2, -0.15) is 0 Å². The van der Waals surface area contributed by atoms with Crippen LogP contribution in [-0.4, -0.2) is 34.9 Å². The first-order chi connectivity index (χ1) is 14.7. The Kier molecular flexibility index (Phi) is 7.13. The van der Waals surface area contributed by atoms with Gasteiger partial charge >= 0.3 is 0 Å². The maximum atomic E-state index is 12.4. The van der Waals surface area contributed by atoms with Gasteiger partial charge in [-0.25, -0.2) is 4.98 Å². The van der Waals surface area contributed by atoms with Crippen molar-refractivity contribution in [3.8, 4) is 0 Å². The lowest BCUT2D eigenvalue weighted by Crippen LogP contribution is -2.40. The molecule has 5 heteroatoms. The van der Waals surface area contributed by atoms with Gasteiger partial charge in [0.1, 0.15) is 0 Å². The minimum Gasteiger partial charge on any atom is -0.326 e. The Hall–Kier alpha value is -2.24. The molecule has 30 heavy (non-hydrogen) atoms. The normalized spacial score (nSPS) is 16.0. The zero-order valence-electron chi connectivity index (χ0n) is 17.8. The predicted octanol–water partition coefficient (Wildman–Crippen LogP) is 5.67. The number of aromatic nitrogens is 1. The zero-order chi connectivity index (χ0) is 20.8. The topological polar surface area (TPSA) is 45.2 Å². The van der Waals surface area contributed by atoms with E-state index in [4.69, 9.17) is 0 Å². The molecular weight excluding hydrogens is 390 g/mol. The number of thiazole rings is 1. The van der Waals surface area contributed by atoms with Crippen LogP contribution in [0.1, 0.15) is 49.6 Å². The molecule has 1 unspecified atom stereocenters. The molecule has 1 heterocycles. The van der Waals surface area contributed by atoms with E-state index in [-0.39, 0.29) is 5.91 Å². The summed E-state index contributed by atoms with van der Waals surface area (Å²) in [5.74, 6) is 0.110. The van der Waals surface area contributed by atoms with Gasteiger partial charge in [0, 0.05) is 23.0 Å². The number of nitrogens with one attached hydrogen (secondary N) is 1. The van der Waals surface area contributed by atoms with Crippen LogP contribution in [0.4, 0.5) is 5.69 Å². The van der Waals surface area contributed by atoms with Gasteiger partial charge in [0.15, 0.2) is 0 Å². The lowest BCUT2D eigenvalue weighted by molar-refractivity contribution is -0.116. The smallest absolute Gasteiger partial charge is 0.224 e. The second-order valence-electron chi connectivity index (χ2n) is 8.22. The van der Waals surface area contributed by atoms with Crippen molar-refractivity contribution in [1.29, 1.82) is 0 Å². The molecule has 1 aromatic heterocycles. The molecule has 0 saturated heterocycles. The summed E-state index contributed by atoms with van der Waals surface area (Å²) in [6.07, 6.45) is 7.21. The van der Waals surface area contributed by atoms with Gasteiger partial charge in [0.05, 0.1) is 11.2 Å². The number of fused-ring (bicyclic) bond motifs is 2. The standard InChI is InChI=1S/C25H31N3OS/c1-2-14-28(22-12-13-23-24(17-22)30-18-26-23)15-6-5-9-25(29)27-21-11-10-19-7-3-4-8-20(19)16-21/h3-4,7-8,10-11,16,18,22H,2,5-6,9,12-15,17H2,1H3,(H,27,29). The Bertz CT molecular complexity index is 983. The number of hydrogen-bond donors (Lipinski definition) is 1. The van der Waals surface area contributed by atoms with Gasteiger partial charge < -0.3 is 10.2 Å². The van der Waals surface area contributed by atoms with Crippen LogP contribution in [0.15, 0.2) is 48.0 Å². The van der Waals surface area contributed by atoms with Crippen molar-refractivity contribution in [2.45, 2.75) is 57.9 Å². The van der Waals surface area contributed by atoms with E-state index in [1.807, 2.05) is 41.1 Å². The molecule has 1 amide bonds. The first kappa shape index (κ1) is 21.0. The van der Waals surface area contributed by atoms with E-state index in [2.05, 4.69) is 40.3 Å². The van der Waals surface area contributed by atoms with E-state index in [1.165, 1.54) is 28.8 Å². The summed E-state index contributed by atoms with van der Waals surface area (Å²) in [6.45, 7) is 4.48. The molecule has 0 fully saturated rings. The Morgan fingerprint density at radius 1 is 1.17 bits per heavy atom. The SMILES string of the molecule is CCCN(CCCCC(=O)Nc1ccc2ccccc2c1)C1CCc2ncsc2C1. The number of carbonyl (C=O) groups is 1. The third-order valence-electron chi connectivity index (χ3n) is 6.02. The second kappa shape index (κ2) is 10.2. The first-order valence-corrected chi connectivity index (χ1v) is 12.0. The van der Waals surface area contributed by atoms with Crippen LogP contribution in [-0.2, 0) is 17.6 Å². The summed E-state index contributed by atoms with van der Waals surface area (Å²) in [5.41, 5.74) is 4.19. The minimum absolute atomic E-state index is 0.110. The number of amides is 1. The van der Waals surface area contributed by atoms with Crippen LogP contribution in [0.5, 0.6) is 0 Å². The number of nitrogens with zero attached hydrogens (tertiary/aromatic N) is 2. The summed E-state index contributed by atoms with van der Waals surface area (Å²) < 4.78 is 0. The zero-order valence-corrected chi connectivity index (χ0v) is 18.6. The predicted molar refractivity (Wildman–Crippen MR) is 126 cm³/mol. The molecule has 1 atom stereocenters. The monoisotopic (exact) mass is 421 g/mol. The largest absolute Gasteiger partial charge is 0.326 e. The van der Waals surface area contributed by atoms with E-state index in [0.29, 0.717) is 12.5 Å². The average molecular weight is 422 g/mol. The molecule has 0 saturated carbocycles. The van der Waals surface area contributed by atoms with Crippen molar-refractivity contribution < 1.29 is 4.79 Å². The van der Waals surface area contributed by atoms with E-state index in [0.717, 1.165) is 49.8 Å². The highest BCUT2D eigenvalue weighted by Gasteiger charge is 2.25. The summed E-state index contributed by atoms with van der Waals surface area (Å²) in [6, 6.07) is 15.0. The van der Waals surface area contributed by atoms with Crippen molar-refractivity contribution in [2.75, 3.05) is 18.4 Å². The van der Waals surface area contributed by atoms with Gasteiger partial charge in [-0.15, -0.1) is 11.3 Å². The van der Waals surface area contributed by atoms with Crippen molar-refractivity contribution in [3.63, 3.8) is 0 Å². The molecular formula is C25H31N3OS. The van der Waals surface area contributed by atoms with Crippen LogP contribution >= 0.6 is 11.3 Å². The molecule has 3 aromatic rings. The molecule has 158 valence electrons. The second-order valence-corrected chi connectivity index (χ2v) is 9.16. The third-order valence-corrected chi connectivity index (χ3v) is 6.92. The Morgan fingerprint density at radius 2 is 2.03 bits per heavy atom. The van der Waals surface area contributed by atoms with Crippen LogP contribution in [0, 0.1) is 0 Å². The Labute approximate surface area is 183 Å². The molecule has 1 aliphatic carbocycles. The van der Waals surface area contributed by atoms with E-state index in [1.54, 1.807) is 0 Å². The highest BCUT2D eigenvalue weighted by atomic mass is 32.1. The molecule has 4 nitrogen and oxygen atoms in total. The fraction of sp³-hybridized carbons (Fsp3) is 0.440. The third kappa shape index (κ3) is 5.27. The Balaban J connectivity index is 1.23. The van der Waals surface area contributed by atoms with Crippen LogP contribution in [0.2, 0.25) is 0 Å². The number of unbranched alkanes of at least 4 members (excludes halogenated alkanes) is 1. The number of anilines is 1. The summed E-state index contributed by atoms with van der Waals surface area (Å²) in [5, 5.41) is 5.41. The number of aryl methyl sites for hydroxylation is 1. The van der Waals surface area contributed by atoms with Crippen LogP contribution in [0.3, 0.4) is 0 Å². The van der Waals surface area contributed by atoms with Gasteiger partial charge in [0.2, 0.25) is 5.91 Å². The van der Waals surface area contributed by atoms with Crippen molar-refractivity contribution in [2.24, 2.45) is 0 Å². The lowest BCUT2D eigenvalue weighted by Gasteiger charge is -2.33. The molecule has 1 aliphatic rings. The van der Waals surface area contributed by atoms with Crippen molar-refractivity contribution in [3.05, 3.63) is 58.5 Å². The van der Waals surface area contributed by atoms with Gasteiger partial charge in [-0.1, -0.05) is 37.3 Å². The molecule has 0 bridgehead atoms. The molecule has 0 aliphatic heterocycles. The average Bonchev–Trinajstić information content (AvgIpc) is 3.24. The van der Waals surface area contributed by atoms with Gasteiger partial charge in [-0.3, -0.25) is 4.79 Å². The maximum absolute atomic E-state index is 12.4. The fourth-order valence-electron chi connectivity index (χ4n) is 4.45. The van der Waals surface area contributed by atoms with Crippen LogP contribution in [0.25, 0.3) is 10.8 Å². The number of hydrogen-bond acceptors (Lipinski definition) is 4. The number of carbonyl (C=O) groups excluding carboxylic acids is 1. The molecule has 0 spiro atoms. The number of rotatable bonds is 9. The Morgan fingerprint density at radius 3 is 2.90 bits per heavy atom. The summed E-state index contributed by atoms with van der Waals surface area (Å²) >= 11 is 1.81. The molecule has 0 radical (unpaired) electrons. The van der Waals surface area contributed by atoms with E-state index in [9.17, 15) is 4.79 Å². The maximum Gasteiger partial charge on any atom is 0.224 e. The quantitative estimate of drug-likeness (QED) is 0.453. The first-order valence-electron chi connectivity index (χ1n) is 11.2. The van der Waals surface area contributed by atoms with Gasteiger partial charge in [0.25, 0.3) is 0 Å². The van der Waals surface area contributed by atoms with Crippen LogP contribution < -0.4 is 5.32 Å². The lowest BCUT2D eigenvalue weighted by atomic mass is 9.95. The van der Waals surface area contributed by atoms with Crippen molar-refractivity contribution in [1.82, 2.24) is 9.88 Å². The van der Waals surface area contributed by atoms with Crippen molar-refractivity contribution >= 4 is 33.7 Å². The fourth-order valence-corrected chi connectivity index (χ4v) is 5.34. The summed E-state index contributed by atoms with van der Waals surface area (Å²) in [4.78, 5) is 21.0. The highest BCUT2D eigenvalue weighted by Crippen LogP contribution is 2.27. The minimum atomic E-state index is 0.110. The molecule has 1 N–H and O–H groups in total. The molecule has 2 aromatic carbocycles. The van der Waals surface area contributed by atoms with E-state index < -0.39 is 0 Å². The van der Waals surface area contributed by atoms with E-state index >= 15 is 0 Å². The molecule has 4 rings (SSSR count).